The van der Waals surface area contributed by atoms with E-state index < -0.39 is 8.32 Å². The predicted molar refractivity (Wildman–Crippen MR) is 90.1 cm³/mol. The van der Waals surface area contributed by atoms with E-state index in [0.29, 0.717) is 0 Å². The van der Waals surface area contributed by atoms with E-state index in [1.54, 1.807) is 0 Å². The number of nitrogens with zero attached hydrogens (tertiary/aromatic N) is 1. The molecule has 0 radical (unpaired) electrons. The maximum atomic E-state index is 6.39. The molecule has 1 aromatic rings. The first-order valence-corrected chi connectivity index (χ1v) is 10.7. The van der Waals surface area contributed by atoms with Gasteiger partial charge in [-0.15, -0.1) is 0 Å². The summed E-state index contributed by atoms with van der Waals surface area (Å²) in [6.45, 7) is 10.0. The van der Waals surface area contributed by atoms with E-state index in [1.165, 1.54) is 48.8 Å². The SMILES string of the molecule is CC[Si](CC)(CC)OCCN1CCCc2ccccc21. The lowest BCUT2D eigenvalue weighted by molar-refractivity contribution is 0.304. The maximum absolute atomic E-state index is 6.39. The summed E-state index contributed by atoms with van der Waals surface area (Å²) in [7, 11) is -1.42. The van der Waals surface area contributed by atoms with Crippen molar-refractivity contribution in [2.75, 3.05) is 24.6 Å². The molecule has 0 aromatic heterocycles. The van der Waals surface area contributed by atoms with Crippen LogP contribution in [0.2, 0.25) is 18.1 Å². The summed E-state index contributed by atoms with van der Waals surface area (Å²) in [5.41, 5.74) is 2.93. The fraction of sp³-hybridized carbons (Fsp3) is 0.647. The van der Waals surface area contributed by atoms with E-state index in [2.05, 4.69) is 49.9 Å². The Bertz CT molecular complexity index is 409. The number of aryl methyl sites for hydroxylation is 1. The Kier molecular flexibility index (Phi) is 5.67. The number of rotatable bonds is 7. The highest BCUT2D eigenvalue weighted by atomic mass is 28.4. The minimum Gasteiger partial charge on any atom is -0.415 e. The number of fused-ring (bicyclic) bond motifs is 1. The summed E-state index contributed by atoms with van der Waals surface area (Å²) in [5, 5.41) is 0. The molecule has 1 aromatic carbocycles. The molecule has 0 aliphatic carbocycles. The van der Waals surface area contributed by atoms with Gasteiger partial charge in [-0.3, -0.25) is 0 Å². The summed E-state index contributed by atoms with van der Waals surface area (Å²) < 4.78 is 6.39. The topological polar surface area (TPSA) is 12.5 Å². The Labute approximate surface area is 125 Å². The molecule has 0 unspecified atom stereocenters. The van der Waals surface area contributed by atoms with Crippen LogP contribution in [0.25, 0.3) is 0 Å². The zero-order chi connectivity index (χ0) is 14.4. The van der Waals surface area contributed by atoms with Gasteiger partial charge < -0.3 is 9.33 Å². The van der Waals surface area contributed by atoms with E-state index >= 15 is 0 Å². The van der Waals surface area contributed by atoms with Gasteiger partial charge >= 0.3 is 0 Å². The van der Waals surface area contributed by atoms with Gasteiger partial charge in [0.1, 0.15) is 0 Å². The second-order valence-corrected chi connectivity index (χ2v) is 10.6. The molecule has 0 atom stereocenters. The lowest BCUT2D eigenvalue weighted by atomic mass is 10.0. The summed E-state index contributed by atoms with van der Waals surface area (Å²) in [6.07, 6.45) is 2.50. The number of anilines is 1. The van der Waals surface area contributed by atoms with Gasteiger partial charge in [0, 0.05) is 18.8 Å². The van der Waals surface area contributed by atoms with Crippen LogP contribution in [-0.2, 0) is 10.8 Å². The van der Waals surface area contributed by atoms with Crippen molar-refractivity contribution in [3.8, 4) is 0 Å². The van der Waals surface area contributed by atoms with Crippen LogP contribution < -0.4 is 4.90 Å². The number of benzene rings is 1. The quantitative estimate of drug-likeness (QED) is 0.688. The third-order valence-corrected chi connectivity index (χ3v) is 9.59. The molecule has 0 saturated carbocycles. The normalized spacial score (nSPS) is 15.2. The van der Waals surface area contributed by atoms with Crippen molar-refractivity contribution in [2.24, 2.45) is 0 Å². The minimum absolute atomic E-state index is 0.899. The Hall–Kier alpha value is -0.803. The molecule has 2 nitrogen and oxygen atoms in total. The zero-order valence-corrected chi connectivity index (χ0v) is 14.3. The molecule has 3 heteroatoms. The summed E-state index contributed by atoms with van der Waals surface area (Å²) in [4.78, 5) is 2.51. The van der Waals surface area contributed by atoms with Gasteiger partial charge in [0.2, 0.25) is 0 Å². The van der Waals surface area contributed by atoms with Crippen LogP contribution in [-0.4, -0.2) is 28.0 Å². The second kappa shape index (κ2) is 7.28. The molecule has 0 amide bonds. The van der Waals surface area contributed by atoms with Gasteiger partial charge in [-0.2, -0.15) is 0 Å². The fourth-order valence-corrected chi connectivity index (χ4v) is 5.91. The second-order valence-electron chi connectivity index (χ2n) is 5.81. The molecule has 1 aliphatic rings. The molecular weight excluding hydrogens is 262 g/mol. The van der Waals surface area contributed by atoms with Crippen molar-refractivity contribution in [1.82, 2.24) is 0 Å². The smallest absolute Gasteiger partial charge is 0.192 e. The van der Waals surface area contributed by atoms with E-state index in [4.69, 9.17) is 4.43 Å². The first kappa shape index (κ1) is 15.6. The molecule has 0 N–H and O–H groups in total. The van der Waals surface area contributed by atoms with E-state index in [9.17, 15) is 0 Å². The van der Waals surface area contributed by atoms with Crippen LogP contribution in [0.5, 0.6) is 0 Å². The van der Waals surface area contributed by atoms with Crippen molar-refractivity contribution in [2.45, 2.75) is 51.7 Å². The average molecular weight is 292 g/mol. The van der Waals surface area contributed by atoms with Crippen LogP contribution in [0.15, 0.2) is 24.3 Å². The van der Waals surface area contributed by atoms with Crippen molar-refractivity contribution >= 4 is 14.0 Å². The summed E-state index contributed by atoms with van der Waals surface area (Å²) in [5.74, 6) is 0. The molecule has 0 spiro atoms. The van der Waals surface area contributed by atoms with E-state index in [0.717, 1.165) is 13.2 Å². The highest BCUT2D eigenvalue weighted by Crippen LogP contribution is 2.27. The summed E-state index contributed by atoms with van der Waals surface area (Å²) in [6, 6.07) is 12.6. The van der Waals surface area contributed by atoms with Gasteiger partial charge in [-0.25, -0.2) is 0 Å². The molecule has 0 saturated heterocycles. The lowest BCUT2D eigenvalue weighted by Gasteiger charge is -2.34. The van der Waals surface area contributed by atoms with Gasteiger partial charge in [0.15, 0.2) is 8.32 Å². The molecule has 0 bridgehead atoms. The molecule has 2 rings (SSSR count). The molecular formula is C17H29NOSi. The molecule has 1 aliphatic heterocycles. The Morgan fingerprint density at radius 3 is 2.50 bits per heavy atom. The molecule has 1 heterocycles. The Morgan fingerprint density at radius 1 is 1.10 bits per heavy atom. The van der Waals surface area contributed by atoms with Crippen LogP contribution in [0.1, 0.15) is 32.8 Å². The Balaban J connectivity index is 1.92. The molecule has 112 valence electrons. The van der Waals surface area contributed by atoms with Crippen molar-refractivity contribution in [1.29, 1.82) is 0 Å². The third kappa shape index (κ3) is 3.44. The molecule has 0 fully saturated rings. The summed E-state index contributed by atoms with van der Waals surface area (Å²) >= 11 is 0. The number of para-hydroxylation sites is 1. The van der Waals surface area contributed by atoms with Crippen molar-refractivity contribution < 1.29 is 4.43 Å². The Morgan fingerprint density at radius 2 is 1.80 bits per heavy atom. The largest absolute Gasteiger partial charge is 0.415 e. The lowest BCUT2D eigenvalue weighted by Crippen LogP contribution is -2.40. The van der Waals surface area contributed by atoms with Crippen LogP contribution >= 0.6 is 0 Å². The van der Waals surface area contributed by atoms with Crippen LogP contribution in [0.3, 0.4) is 0 Å². The fourth-order valence-electron chi connectivity index (χ4n) is 3.27. The van der Waals surface area contributed by atoms with Crippen LogP contribution in [0.4, 0.5) is 5.69 Å². The van der Waals surface area contributed by atoms with Crippen molar-refractivity contribution in [3.05, 3.63) is 29.8 Å². The van der Waals surface area contributed by atoms with Gasteiger partial charge in [-0.1, -0.05) is 39.0 Å². The minimum atomic E-state index is -1.42. The first-order valence-electron chi connectivity index (χ1n) is 8.21. The average Bonchev–Trinajstić information content (AvgIpc) is 2.52. The first-order chi connectivity index (χ1) is 9.74. The number of hydrogen-bond acceptors (Lipinski definition) is 2. The van der Waals surface area contributed by atoms with Crippen molar-refractivity contribution in [3.63, 3.8) is 0 Å². The predicted octanol–water partition coefficient (Wildman–Crippen LogP) is 4.46. The van der Waals surface area contributed by atoms with E-state index in [-0.39, 0.29) is 0 Å². The van der Waals surface area contributed by atoms with Gasteiger partial charge in [0.25, 0.3) is 0 Å². The zero-order valence-electron chi connectivity index (χ0n) is 13.3. The highest BCUT2D eigenvalue weighted by molar-refractivity contribution is 6.73. The monoisotopic (exact) mass is 291 g/mol. The third-order valence-electron chi connectivity index (χ3n) is 4.91. The molecule has 20 heavy (non-hydrogen) atoms. The van der Waals surface area contributed by atoms with Gasteiger partial charge in [-0.05, 0) is 42.6 Å². The van der Waals surface area contributed by atoms with Gasteiger partial charge in [0.05, 0.1) is 6.61 Å². The van der Waals surface area contributed by atoms with E-state index in [1.807, 2.05) is 0 Å². The maximum Gasteiger partial charge on any atom is 0.192 e. The van der Waals surface area contributed by atoms with Crippen LogP contribution in [0, 0.1) is 0 Å². The highest BCUT2D eigenvalue weighted by Gasteiger charge is 2.28. The number of hydrogen-bond donors (Lipinski definition) is 0. The standard InChI is InChI=1S/C17H29NOSi/c1-4-20(5-2,6-3)19-15-14-18-13-9-11-16-10-7-8-12-17(16)18/h7-8,10,12H,4-6,9,11,13-15H2,1-3H3.